The van der Waals surface area contributed by atoms with Crippen LogP contribution in [-0.4, -0.2) is 54.5 Å². The van der Waals surface area contributed by atoms with Crippen LogP contribution in [0.5, 0.6) is 11.5 Å². The third-order valence-corrected chi connectivity index (χ3v) is 3.99. The number of nitrogens with one attached hydrogen (secondary N) is 1. The number of nitrogens with zero attached hydrogens (tertiary/aromatic N) is 1. The van der Waals surface area contributed by atoms with Gasteiger partial charge >= 0.3 is 0 Å². The Kier molecular flexibility index (Phi) is 6.29. The summed E-state index contributed by atoms with van der Waals surface area (Å²) < 4.78 is 5.16. The standard InChI is InChI=1S/C16H26N2O3/c1-21-15-3-4-16(20)13(11-15)12-17-7-2-8-18-9-5-14(19)6-10-18/h3-4,11,14,17,19-20H,2,5-10,12H2,1H3. The first kappa shape index (κ1) is 16.1. The summed E-state index contributed by atoms with van der Waals surface area (Å²) in [6, 6.07) is 5.27. The van der Waals surface area contributed by atoms with Crippen molar-refractivity contribution in [1.82, 2.24) is 10.2 Å². The number of phenols is 1. The lowest BCUT2D eigenvalue weighted by Gasteiger charge is -2.29. The van der Waals surface area contributed by atoms with Crippen LogP contribution in [0.4, 0.5) is 0 Å². The first-order valence-corrected chi connectivity index (χ1v) is 7.66. The van der Waals surface area contributed by atoms with Crippen LogP contribution >= 0.6 is 0 Å². The van der Waals surface area contributed by atoms with Crippen molar-refractivity contribution < 1.29 is 14.9 Å². The third-order valence-electron chi connectivity index (χ3n) is 3.99. The number of phenolic OH excluding ortho intramolecular Hbond substituents is 1. The molecule has 1 aliphatic heterocycles. The second kappa shape index (κ2) is 8.22. The molecule has 118 valence electrons. The molecule has 0 bridgehead atoms. The molecule has 0 atom stereocenters. The summed E-state index contributed by atoms with van der Waals surface area (Å²) in [5.41, 5.74) is 0.857. The molecule has 1 saturated heterocycles. The summed E-state index contributed by atoms with van der Waals surface area (Å²) >= 11 is 0. The van der Waals surface area contributed by atoms with Gasteiger partial charge in [0, 0.05) is 25.2 Å². The summed E-state index contributed by atoms with van der Waals surface area (Å²) in [5, 5.41) is 22.6. The van der Waals surface area contributed by atoms with Gasteiger partial charge in [-0.2, -0.15) is 0 Å². The number of rotatable bonds is 7. The Hall–Kier alpha value is -1.30. The van der Waals surface area contributed by atoms with E-state index in [0.29, 0.717) is 12.3 Å². The number of aliphatic hydroxyl groups excluding tert-OH is 1. The van der Waals surface area contributed by atoms with Crippen LogP contribution in [-0.2, 0) is 6.54 Å². The van der Waals surface area contributed by atoms with Gasteiger partial charge in [0.25, 0.3) is 0 Å². The van der Waals surface area contributed by atoms with Gasteiger partial charge in [-0.3, -0.25) is 0 Å². The van der Waals surface area contributed by atoms with Gasteiger partial charge in [0.1, 0.15) is 11.5 Å². The molecule has 0 saturated carbocycles. The van der Waals surface area contributed by atoms with Crippen molar-refractivity contribution in [3.8, 4) is 11.5 Å². The molecule has 0 spiro atoms. The van der Waals surface area contributed by atoms with E-state index in [-0.39, 0.29) is 6.10 Å². The Bertz CT molecular complexity index is 432. The number of benzene rings is 1. The monoisotopic (exact) mass is 294 g/mol. The number of piperidine rings is 1. The maximum atomic E-state index is 9.79. The summed E-state index contributed by atoms with van der Waals surface area (Å²) in [5.74, 6) is 1.06. The van der Waals surface area contributed by atoms with Gasteiger partial charge in [-0.25, -0.2) is 0 Å². The maximum absolute atomic E-state index is 9.79. The zero-order valence-corrected chi connectivity index (χ0v) is 12.7. The van der Waals surface area contributed by atoms with E-state index in [2.05, 4.69) is 10.2 Å². The second-order valence-corrected chi connectivity index (χ2v) is 5.60. The van der Waals surface area contributed by atoms with Crippen molar-refractivity contribution in [2.45, 2.75) is 31.9 Å². The first-order chi connectivity index (χ1) is 10.2. The predicted octanol–water partition coefficient (Wildman–Crippen LogP) is 1.34. The quantitative estimate of drug-likeness (QED) is 0.662. The molecule has 0 radical (unpaired) electrons. The van der Waals surface area contributed by atoms with E-state index in [1.807, 2.05) is 6.07 Å². The van der Waals surface area contributed by atoms with Crippen LogP contribution in [0.3, 0.4) is 0 Å². The molecule has 3 N–H and O–H groups in total. The molecule has 0 aliphatic carbocycles. The fourth-order valence-corrected chi connectivity index (χ4v) is 2.62. The minimum Gasteiger partial charge on any atom is -0.508 e. The average molecular weight is 294 g/mol. The number of methoxy groups -OCH3 is 1. The van der Waals surface area contributed by atoms with Crippen LogP contribution in [0.15, 0.2) is 18.2 Å². The highest BCUT2D eigenvalue weighted by atomic mass is 16.5. The highest BCUT2D eigenvalue weighted by molar-refractivity contribution is 5.39. The highest BCUT2D eigenvalue weighted by Gasteiger charge is 2.15. The van der Waals surface area contributed by atoms with Crippen LogP contribution < -0.4 is 10.1 Å². The first-order valence-electron chi connectivity index (χ1n) is 7.66. The zero-order valence-electron chi connectivity index (χ0n) is 12.7. The van der Waals surface area contributed by atoms with Crippen molar-refractivity contribution in [1.29, 1.82) is 0 Å². The Balaban J connectivity index is 1.63. The summed E-state index contributed by atoms with van der Waals surface area (Å²) in [4.78, 5) is 2.40. The zero-order chi connectivity index (χ0) is 15.1. The molecule has 0 aromatic heterocycles. The van der Waals surface area contributed by atoms with Gasteiger partial charge in [0.15, 0.2) is 0 Å². The number of aliphatic hydroxyl groups is 1. The normalized spacial score (nSPS) is 17.0. The van der Waals surface area contributed by atoms with Gasteiger partial charge in [0.2, 0.25) is 0 Å². The van der Waals surface area contributed by atoms with E-state index in [9.17, 15) is 10.2 Å². The van der Waals surface area contributed by atoms with Crippen molar-refractivity contribution >= 4 is 0 Å². The number of likely N-dealkylation sites (tertiary alicyclic amines) is 1. The van der Waals surface area contributed by atoms with Gasteiger partial charge in [-0.05, 0) is 50.6 Å². The van der Waals surface area contributed by atoms with E-state index >= 15 is 0 Å². The van der Waals surface area contributed by atoms with E-state index in [1.54, 1.807) is 19.2 Å². The molecule has 21 heavy (non-hydrogen) atoms. The number of ether oxygens (including phenoxy) is 1. The summed E-state index contributed by atoms with van der Waals surface area (Å²) in [7, 11) is 1.62. The molecular formula is C16H26N2O3. The molecule has 1 aliphatic rings. The number of aromatic hydroxyl groups is 1. The topological polar surface area (TPSA) is 65.0 Å². The Labute approximate surface area is 126 Å². The summed E-state index contributed by atoms with van der Waals surface area (Å²) in [6.45, 7) is 4.61. The molecule has 1 aromatic rings. The Morgan fingerprint density at radius 2 is 2.10 bits per heavy atom. The smallest absolute Gasteiger partial charge is 0.120 e. The lowest BCUT2D eigenvalue weighted by Crippen LogP contribution is -2.37. The SMILES string of the molecule is COc1ccc(O)c(CNCCCN2CCC(O)CC2)c1. The molecule has 2 rings (SSSR count). The van der Waals surface area contributed by atoms with E-state index < -0.39 is 0 Å². The molecule has 1 aromatic carbocycles. The van der Waals surface area contributed by atoms with Gasteiger partial charge < -0.3 is 25.2 Å². The lowest BCUT2D eigenvalue weighted by molar-refractivity contribution is 0.0821. The summed E-state index contributed by atoms with van der Waals surface area (Å²) in [6.07, 6.45) is 2.76. The van der Waals surface area contributed by atoms with Crippen LogP contribution in [0.2, 0.25) is 0 Å². The molecule has 1 heterocycles. The van der Waals surface area contributed by atoms with E-state index in [1.165, 1.54) is 0 Å². The highest BCUT2D eigenvalue weighted by Crippen LogP contribution is 2.22. The maximum Gasteiger partial charge on any atom is 0.120 e. The largest absolute Gasteiger partial charge is 0.508 e. The van der Waals surface area contributed by atoms with Crippen LogP contribution in [0.1, 0.15) is 24.8 Å². The van der Waals surface area contributed by atoms with Gasteiger partial charge in [0.05, 0.1) is 13.2 Å². The lowest BCUT2D eigenvalue weighted by atomic mass is 10.1. The van der Waals surface area contributed by atoms with E-state index in [0.717, 1.165) is 56.8 Å². The number of hydrogen-bond acceptors (Lipinski definition) is 5. The van der Waals surface area contributed by atoms with Crippen molar-refractivity contribution in [2.24, 2.45) is 0 Å². The molecule has 5 nitrogen and oxygen atoms in total. The minimum absolute atomic E-state index is 0.101. The van der Waals surface area contributed by atoms with Crippen LogP contribution in [0.25, 0.3) is 0 Å². The minimum atomic E-state index is -0.101. The van der Waals surface area contributed by atoms with Gasteiger partial charge in [-0.15, -0.1) is 0 Å². The fraction of sp³-hybridized carbons (Fsp3) is 0.625. The van der Waals surface area contributed by atoms with Crippen molar-refractivity contribution in [3.63, 3.8) is 0 Å². The van der Waals surface area contributed by atoms with Gasteiger partial charge in [-0.1, -0.05) is 0 Å². The average Bonchev–Trinajstić information content (AvgIpc) is 2.50. The third kappa shape index (κ3) is 5.19. The number of hydrogen-bond donors (Lipinski definition) is 3. The molecule has 1 fully saturated rings. The molecule has 0 unspecified atom stereocenters. The predicted molar refractivity (Wildman–Crippen MR) is 82.7 cm³/mol. The molecule has 5 heteroatoms. The molecule has 0 amide bonds. The van der Waals surface area contributed by atoms with Crippen molar-refractivity contribution in [2.75, 3.05) is 33.3 Å². The van der Waals surface area contributed by atoms with E-state index in [4.69, 9.17) is 4.74 Å². The molecular weight excluding hydrogens is 268 g/mol. The van der Waals surface area contributed by atoms with Crippen molar-refractivity contribution in [3.05, 3.63) is 23.8 Å². The Morgan fingerprint density at radius 3 is 2.81 bits per heavy atom. The fourth-order valence-electron chi connectivity index (χ4n) is 2.62. The Morgan fingerprint density at radius 1 is 1.33 bits per heavy atom. The second-order valence-electron chi connectivity index (χ2n) is 5.60. The van der Waals surface area contributed by atoms with Crippen LogP contribution in [0, 0.1) is 0 Å².